The number of hydrogen-bond donors (Lipinski definition) is 0. The van der Waals surface area contributed by atoms with Gasteiger partial charge in [0.15, 0.2) is 6.61 Å². The van der Waals surface area contributed by atoms with Crippen molar-refractivity contribution in [1.82, 2.24) is 0 Å². The third-order valence-electron chi connectivity index (χ3n) is 2.33. The van der Waals surface area contributed by atoms with E-state index in [-0.39, 0.29) is 12.4 Å². The first kappa shape index (κ1) is 12.1. The Labute approximate surface area is 109 Å². The van der Waals surface area contributed by atoms with E-state index in [1.807, 2.05) is 18.4 Å². The third-order valence-corrected chi connectivity index (χ3v) is 3.41. The van der Waals surface area contributed by atoms with Gasteiger partial charge < -0.3 is 4.74 Å². The lowest BCUT2D eigenvalue weighted by Crippen LogP contribution is -2.11. The van der Waals surface area contributed by atoms with Crippen LogP contribution in [-0.4, -0.2) is 12.4 Å². The number of carbonyl (C=O) groups is 1. The van der Waals surface area contributed by atoms with Crippen LogP contribution in [0.15, 0.2) is 35.7 Å². The maximum atomic E-state index is 11.8. The molecule has 17 heavy (non-hydrogen) atoms. The summed E-state index contributed by atoms with van der Waals surface area (Å²) in [4.78, 5) is 12.9. The van der Waals surface area contributed by atoms with E-state index in [9.17, 15) is 4.79 Å². The minimum Gasteiger partial charge on any atom is -0.485 e. The number of ether oxygens (including phenoxy) is 1. The predicted octanol–water partition coefficient (Wildman–Crippen LogP) is 3.97. The highest BCUT2D eigenvalue weighted by atomic mass is 35.5. The van der Waals surface area contributed by atoms with E-state index < -0.39 is 0 Å². The van der Waals surface area contributed by atoms with Crippen molar-refractivity contribution < 1.29 is 9.53 Å². The molecule has 0 spiro atoms. The average Bonchev–Trinajstić information content (AvgIpc) is 2.72. The molecule has 0 N–H and O–H groups in total. The quantitative estimate of drug-likeness (QED) is 0.783. The van der Waals surface area contributed by atoms with Crippen LogP contribution in [0.2, 0.25) is 5.02 Å². The zero-order valence-electron chi connectivity index (χ0n) is 9.27. The van der Waals surface area contributed by atoms with Crippen molar-refractivity contribution in [1.29, 1.82) is 0 Å². The molecule has 4 heteroatoms. The Hall–Kier alpha value is -1.32. The summed E-state index contributed by atoms with van der Waals surface area (Å²) in [5.74, 6) is 0.599. The van der Waals surface area contributed by atoms with Crippen LogP contribution in [0.5, 0.6) is 5.75 Å². The molecule has 0 bridgehead atoms. The van der Waals surface area contributed by atoms with Crippen molar-refractivity contribution in [3.8, 4) is 5.75 Å². The van der Waals surface area contributed by atoms with Crippen LogP contribution in [0.3, 0.4) is 0 Å². The Kier molecular flexibility index (Phi) is 3.82. The van der Waals surface area contributed by atoms with Crippen molar-refractivity contribution in [2.75, 3.05) is 6.61 Å². The Morgan fingerprint density at radius 1 is 1.41 bits per heavy atom. The van der Waals surface area contributed by atoms with Crippen molar-refractivity contribution in [2.45, 2.75) is 6.92 Å². The highest BCUT2D eigenvalue weighted by molar-refractivity contribution is 7.10. The number of hydrogen-bond acceptors (Lipinski definition) is 3. The molecule has 1 aromatic carbocycles. The van der Waals surface area contributed by atoms with E-state index in [0.717, 1.165) is 10.4 Å². The summed E-state index contributed by atoms with van der Waals surface area (Å²) in [6, 6.07) is 8.84. The zero-order chi connectivity index (χ0) is 12.3. The van der Waals surface area contributed by atoms with E-state index in [1.54, 1.807) is 35.6 Å². The Balaban J connectivity index is 1.99. The highest BCUT2D eigenvalue weighted by Gasteiger charge is 2.10. The van der Waals surface area contributed by atoms with Gasteiger partial charge in [-0.2, -0.15) is 0 Å². The lowest BCUT2D eigenvalue weighted by atomic mass is 10.2. The summed E-state index contributed by atoms with van der Waals surface area (Å²) in [6.07, 6.45) is 0. The molecule has 2 rings (SSSR count). The number of benzene rings is 1. The van der Waals surface area contributed by atoms with E-state index >= 15 is 0 Å². The maximum absolute atomic E-state index is 11.8. The number of carbonyl (C=O) groups excluding carboxylic acids is 1. The maximum Gasteiger partial charge on any atom is 0.201 e. The molecule has 1 heterocycles. The van der Waals surface area contributed by atoms with E-state index in [1.165, 1.54) is 0 Å². The van der Waals surface area contributed by atoms with E-state index in [0.29, 0.717) is 10.8 Å². The molecule has 1 aromatic heterocycles. The first-order valence-corrected chi connectivity index (χ1v) is 6.38. The fraction of sp³-hybridized carbons (Fsp3) is 0.154. The first-order chi connectivity index (χ1) is 8.16. The summed E-state index contributed by atoms with van der Waals surface area (Å²) in [5.41, 5.74) is 0.733. The first-order valence-electron chi connectivity index (χ1n) is 5.12. The summed E-state index contributed by atoms with van der Waals surface area (Å²) in [7, 11) is 0. The highest BCUT2D eigenvalue weighted by Crippen LogP contribution is 2.19. The molecule has 0 saturated heterocycles. The number of aryl methyl sites for hydroxylation is 1. The number of rotatable bonds is 4. The van der Waals surface area contributed by atoms with Gasteiger partial charge in [-0.3, -0.25) is 4.79 Å². The van der Waals surface area contributed by atoms with Crippen molar-refractivity contribution in [3.05, 3.63) is 51.2 Å². The summed E-state index contributed by atoms with van der Waals surface area (Å²) in [6.45, 7) is 1.97. The van der Waals surface area contributed by atoms with Crippen LogP contribution >= 0.6 is 22.9 Å². The monoisotopic (exact) mass is 266 g/mol. The summed E-state index contributed by atoms with van der Waals surface area (Å²) < 4.78 is 5.40. The zero-order valence-corrected chi connectivity index (χ0v) is 10.8. The Morgan fingerprint density at radius 3 is 2.88 bits per heavy atom. The van der Waals surface area contributed by atoms with Crippen LogP contribution < -0.4 is 4.74 Å². The predicted molar refractivity (Wildman–Crippen MR) is 70.3 cm³/mol. The van der Waals surface area contributed by atoms with Crippen molar-refractivity contribution in [2.24, 2.45) is 0 Å². The molecular formula is C13H11ClO2S. The Bertz CT molecular complexity index is 534. The molecule has 0 unspecified atom stereocenters. The number of ketones is 1. The van der Waals surface area contributed by atoms with Gasteiger partial charge in [-0.05, 0) is 36.6 Å². The van der Waals surface area contributed by atoms with Crippen LogP contribution in [0.25, 0.3) is 0 Å². The van der Waals surface area contributed by atoms with Gasteiger partial charge in [-0.15, -0.1) is 11.3 Å². The molecule has 0 atom stereocenters. The molecular weight excluding hydrogens is 256 g/mol. The molecule has 2 aromatic rings. The van der Waals surface area contributed by atoms with Crippen LogP contribution in [-0.2, 0) is 0 Å². The van der Waals surface area contributed by atoms with Gasteiger partial charge in [0.2, 0.25) is 5.78 Å². The van der Waals surface area contributed by atoms with Crippen molar-refractivity contribution in [3.63, 3.8) is 0 Å². The molecule has 0 aliphatic rings. The van der Waals surface area contributed by atoms with E-state index in [4.69, 9.17) is 16.3 Å². The number of halogens is 1. The summed E-state index contributed by atoms with van der Waals surface area (Å²) >= 11 is 7.38. The van der Waals surface area contributed by atoms with Crippen LogP contribution in [0.1, 0.15) is 15.2 Å². The fourth-order valence-electron chi connectivity index (χ4n) is 1.46. The molecule has 0 radical (unpaired) electrons. The third kappa shape index (κ3) is 3.08. The van der Waals surface area contributed by atoms with Gasteiger partial charge in [0.25, 0.3) is 0 Å². The number of Topliss-reactive ketones (excluding diaryl/α,β-unsaturated/α-hetero) is 1. The molecule has 0 aliphatic carbocycles. The van der Waals surface area contributed by atoms with Gasteiger partial charge in [0.1, 0.15) is 5.75 Å². The average molecular weight is 267 g/mol. The topological polar surface area (TPSA) is 26.3 Å². The second-order valence-corrected chi connectivity index (χ2v) is 5.12. The van der Waals surface area contributed by atoms with E-state index in [2.05, 4.69) is 0 Å². The largest absolute Gasteiger partial charge is 0.485 e. The molecule has 2 nitrogen and oxygen atoms in total. The lowest BCUT2D eigenvalue weighted by Gasteiger charge is -2.05. The SMILES string of the molecule is Cc1sccc1C(=O)COc1cccc(Cl)c1. The Morgan fingerprint density at radius 2 is 2.24 bits per heavy atom. The number of thiophene rings is 1. The minimum atomic E-state index is -0.0104. The lowest BCUT2D eigenvalue weighted by molar-refractivity contribution is 0.0921. The fourth-order valence-corrected chi connectivity index (χ4v) is 2.36. The van der Waals surface area contributed by atoms with Gasteiger partial charge in [-0.1, -0.05) is 17.7 Å². The van der Waals surface area contributed by atoms with Gasteiger partial charge in [-0.25, -0.2) is 0 Å². The molecule has 0 aliphatic heterocycles. The van der Waals surface area contributed by atoms with Crippen LogP contribution in [0, 0.1) is 6.92 Å². The van der Waals surface area contributed by atoms with Crippen LogP contribution in [0.4, 0.5) is 0 Å². The molecule has 0 fully saturated rings. The minimum absolute atomic E-state index is 0.0104. The van der Waals surface area contributed by atoms with Gasteiger partial charge >= 0.3 is 0 Å². The van der Waals surface area contributed by atoms with Gasteiger partial charge in [0.05, 0.1) is 0 Å². The van der Waals surface area contributed by atoms with Gasteiger partial charge in [0, 0.05) is 15.5 Å². The normalized spacial score (nSPS) is 10.2. The smallest absolute Gasteiger partial charge is 0.201 e. The second kappa shape index (κ2) is 5.34. The summed E-state index contributed by atoms with van der Waals surface area (Å²) in [5, 5.41) is 2.50. The standard InChI is InChI=1S/C13H11ClO2S/c1-9-12(5-6-17-9)13(15)8-16-11-4-2-3-10(14)7-11/h2-7H,8H2,1H3. The second-order valence-electron chi connectivity index (χ2n) is 3.56. The molecule has 0 saturated carbocycles. The van der Waals surface area contributed by atoms with Crippen molar-refractivity contribution >= 4 is 28.7 Å². The molecule has 88 valence electrons. The molecule has 0 amide bonds.